The summed E-state index contributed by atoms with van der Waals surface area (Å²) in [7, 11) is 0. The van der Waals surface area contributed by atoms with E-state index >= 15 is 0 Å². The topological polar surface area (TPSA) is 109 Å². The van der Waals surface area contributed by atoms with Crippen LogP contribution in [0.5, 0.6) is 0 Å². The maximum atomic E-state index is 9.70. The van der Waals surface area contributed by atoms with Gasteiger partial charge < -0.3 is 19.8 Å². The number of aldehydes is 2. The molecule has 0 aromatic carbocycles. The van der Waals surface area contributed by atoms with Gasteiger partial charge in [-0.15, -0.1) is 0 Å². The second kappa shape index (κ2) is 7.90. The highest BCUT2D eigenvalue weighted by Crippen LogP contribution is 1.85. The molecule has 0 heterocycles. The second-order valence-electron chi connectivity index (χ2n) is 2.53. The molecule has 0 bridgehead atoms. The molecule has 0 spiro atoms. The molecule has 0 radical (unpaired) electrons. The van der Waals surface area contributed by atoms with E-state index in [9.17, 15) is 19.2 Å². The Morgan fingerprint density at radius 3 is 1.14 bits per heavy atom. The molecule has 14 heavy (non-hydrogen) atoms. The third-order valence-electron chi connectivity index (χ3n) is 1.19. The maximum absolute atomic E-state index is 9.70. The predicted octanol–water partition coefficient (Wildman–Crippen LogP) is -0.188. The molecule has 0 aromatic heterocycles. The van der Waals surface area contributed by atoms with Crippen LogP contribution >= 0.6 is 0 Å². The first kappa shape index (κ1) is 14.8. The Balaban J connectivity index is 0. The highest BCUT2D eigenvalue weighted by Gasteiger charge is 2.06. The molecule has 0 rings (SSSR count). The van der Waals surface area contributed by atoms with E-state index in [-0.39, 0.29) is 0 Å². The van der Waals surface area contributed by atoms with Gasteiger partial charge >= 0.3 is 11.9 Å². The lowest BCUT2D eigenvalue weighted by molar-refractivity contribution is -0.144. The van der Waals surface area contributed by atoms with Gasteiger partial charge in [0.1, 0.15) is 24.4 Å². The number of carboxylic acid groups (broad SMARTS) is 2. The summed E-state index contributed by atoms with van der Waals surface area (Å²) in [5, 5.41) is 15.9. The molecule has 6 nitrogen and oxygen atoms in total. The average Bonchev–Trinajstić information content (AvgIpc) is 2.15. The quantitative estimate of drug-likeness (QED) is 0.485. The molecular formula is C8H12O6. The SMILES string of the molecule is CC(C=O)C(=O)O.CC(C=O)C(=O)O. The molecule has 2 N–H and O–H groups in total. The maximum Gasteiger partial charge on any atom is 0.313 e. The smallest absolute Gasteiger partial charge is 0.313 e. The van der Waals surface area contributed by atoms with Crippen molar-refractivity contribution in [2.45, 2.75) is 13.8 Å². The van der Waals surface area contributed by atoms with Crippen LogP contribution in [0.4, 0.5) is 0 Å². The van der Waals surface area contributed by atoms with Gasteiger partial charge in [0.15, 0.2) is 0 Å². The van der Waals surface area contributed by atoms with Gasteiger partial charge in [0.05, 0.1) is 0 Å². The summed E-state index contributed by atoms with van der Waals surface area (Å²) in [6.45, 7) is 2.66. The number of carboxylic acids is 2. The van der Waals surface area contributed by atoms with Crippen molar-refractivity contribution in [2.75, 3.05) is 0 Å². The summed E-state index contributed by atoms with van der Waals surface area (Å²) < 4.78 is 0. The third-order valence-corrected chi connectivity index (χ3v) is 1.19. The normalized spacial score (nSPS) is 12.7. The molecule has 0 amide bonds. The van der Waals surface area contributed by atoms with E-state index in [0.29, 0.717) is 12.6 Å². The van der Waals surface area contributed by atoms with Gasteiger partial charge in [-0.25, -0.2) is 0 Å². The van der Waals surface area contributed by atoms with Gasteiger partial charge in [0, 0.05) is 0 Å². The first-order valence-corrected chi connectivity index (χ1v) is 3.73. The van der Waals surface area contributed by atoms with Crippen molar-refractivity contribution in [3.63, 3.8) is 0 Å². The fourth-order valence-electron chi connectivity index (χ4n) is 0.116. The lowest BCUT2D eigenvalue weighted by atomic mass is 10.2. The monoisotopic (exact) mass is 204 g/mol. The molecule has 0 fully saturated rings. The number of hydrogen-bond donors (Lipinski definition) is 2. The Bertz CT molecular complexity index is 198. The lowest BCUT2D eigenvalue weighted by Gasteiger charge is -1.88. The van der Waals surface area contributed by atoms with Gasteiger partial charge in [-0.3, -0.25) is 9.59 Å². The fraction of sp³-hybridized carbons (Fsp3) is 0.500. The summed E-state index contributed by atoms with van der Waals surface area (Å²) in [4.78, 5) is 38.5. The average molecular weight is 204 g/mol. The zero-order valence-electron chi connectivity index (χ0n) is 7.84. The van der Waals surface area contributed by atoms with Crippen LogP contribution in [0.15, 0.2) is 0 Å². The zero-order valence-corrected chi connectivity index (χ0v) is 7.84. The largest absolute Gasteiger partial charge is 0.481 e. The van der Waals surface area contributed by atoms with Crippen LogP contribution in [0.2, 0.25) is 0 Å². The van der Waals surface area contributed by atoms with Crippen LogP contribution in [-0.2, 0) is 19.2 Å². The number of aliphatic carboxylic acids is 2. The first-order chi connectivity index (χ1) is 6.36. The van der Waals surface area contributed by atoms with E-state index in [1.807, 2.05) is 0 Å². The summed E-state index contributed by atoms with van der Waals surface area (Å²) in [6.07, 6.45) is 0.782. The third kappa shape index (κ3) is 8.38. The van der Waals surface area contributed by atoms with E-state index in [1.54, 1.807) is 0 Å². The van der Waals surface area contributed by atoms with Crippen LogP contribution in [0.1, 0.15) is 13.8 Å². The van der Waals surface area contributed by atoms with E-state index in [4.69, 9.17) is 10.2 Å². The van der Waals surface area contributed by atoms with E-state index in [0.717, 1.165) is 0 Å². The van der Waals surface area contributed by atoms with Gasteiger partial charge in [0.25, 0.3) is 0 Å². The van der Waals surface area contributed by atoms with Crippen LogP contribution in [0.3, 0.4) is 0 Å². The molecule has 0 aliphatic carbocycles. The summed E-state index contributed by atoms with van der Waals surface area (Å²) >= 11 is 0. The molecule has 0 saturated heterocycles. The minimum absolute atomic E-state index is 0.391. The zero-order chi connectivity index (χ0) is 11.7. The van der Waals surface area contributed by atoms with Crippen molar-refractivity contribution in [1.29, 1.82) is 0 Å². The minimum atomic E-state index is -1.07. The van der Waals surface area contributed by atoms with Crippen LogP contribution in [0, 0.1) is 11.8 Å². The standard InChI is InChI=1S/2C4H6O3/c2*1-3(2-5)4(6)7/h2*2-3H,1H3,(H,6,7). The van der Waals surface area contributed by atoms with Gasteiger partial charge in [-0.2, -0.15) is 0 Å². The Morgan fingerprint density at radius 2 is 1.14 bits per heavy atom. The van der Waals surface area contributed by atoms with Gasteiger partial charge in [0.2, 0.25) is 0 Å². The summed E-state index contributed by atoms with van der Waals surface area (Å²) in [5.74, 6) is -3.87. The van der Waals surface area contributed by atoms with Gasteiger partial charge in [-0.1, -0.05) is 0 Å². The van der Waals surface area contributed by atoms with Crippen molar-refractivity contribution in [3.05, 3.63) is 0 Å². The first-order valence-electron chi connectivity index (χ1n) is 3.73. The second-order valence-corrected chi connectivity index (χ2v) is 2.53. The molecule has 0 aliphatic heterocycles. The number of carbonyl (C=O) groups excluding carboxylic acids is 2. The van der Waals surface area contributed by atoms with Crippen molar-refractivity contribution in [3.8, 4) is 0 Å². The van der Waals surface area contributed by atoms with E-state index in [2.05, 4.69) is 0 Å². The lowest BCUT2D eigenvalue weighted by Crippen LogP contribution is -2.09. The molecule has 0 aromatic rings. The number of rotatable bonds is 4. The van der Waals surface area contributed by atoms with Crippen molar-refractivity contribution in [2.24, 2.45) is 11.8 Å². The van der Waals surface area contributed by atoms with Crippen molar-refractivity contribution >= 4 is 24.5 Å². The summed E-state index contributed by atoms with van der Waals surface area (Å²) in [6, 6.07) is 0. The van der Waals surface area contributed by atoms with Crippen LogP contribution < -0.4 is 0 Å². The van der Waals surface area contributed by atoms with E-state index in [1.165, 1.54) is 13.8 Å². The van der Waals surface area contributed by atoms with Gasteiger partial charge in [-0.05, 0) is 13.8 Å². The molecule has 2 unspecified atom stereocenters. The molecular weight excluding hydrogens is 192 g/mol. The number of carbonyl (C=O) groups is 4. The van der Waals surface area contributed by atoms with Crippen LogP contribution in [-0.4, -0.2) is 34.7 Å². The van der Waals surface area contributed by atoms with Crippen molar-refractivity contribution in [1.82, 2.24) is 0 Å². The highest BCUT2D eigenvalue weighted by molar-refractivity contribution is 5.85. The van der Waals surface area contributed by atoms with E-state index < -0.39 is 23.8 Å². The fourth-order valence-corrected chi connectivity index (χ4v) is 0.116. The molecule has 6 heteroatoms. The number of hydrogen-bond acceptors (Lipinski definition) is 4. The Morgan fingerprint density at radius 1 is 0.929 bits per heavy atom. The summed E-state index contributed by atoms with van der Waals surface area (Å²) in [5.41, 5.74) is 0. The van der Waals surface area contributed by atoms with Crippen LogP contribution in [0.25, 0.3) is 0 Å². The predicted molar refractivity (Wildman–Crippen MR) is 45.7 cm³/mol. The Kier molecular flexibility index (Phi) is 8.35. The Hall–Kier alpha value is -1.72. The minimum Gasteiger partial charge on any atom is -0.481 e. The molecule has 0 saturated carbocycles. The molecule has 2 atom stereocenters. The Labute approximate surface area is 80.5 Å². The van der Waals surface area contributed by atoms with Crippen molar-refractivity contribution < 1.29 is 29.4 Å². The molecule has 0 aliphatic rings. The molecule has 80 valence electrons. The highest BCUT2D eigenvalue weighted by atomic mass is 16.4.